The van der Waals surface area contributed by atoms with Crippen molar-refractivity contribution in [3.8, 4) is 17.2 Å². The molecule has 3 rings (SSSR count). The van der Waals surface area contributed by atoms with Crippen LogP contribution >= 0.6 is 0 Å². The van der Waals surface area contributed by atoms with Crippen molar-refractivity contribution in [2.24, 2.45) is 5.92 Å². The molecule has 1 saturated heterocycles. The van der Waals surface area contributed by atoms with Gasteiger partial charge in [0.1, 0.15) is 17.2 Å². The maximum absolute atomic E-state index is 13.6. The number of hydrogen-bond donors (Lipinski definition) is 1. The molecule has 0 unspecified atom stereocenters. The molecule has 8 heteroatoms. The highest BCUT2D eigenvalue weighted by atomic mass is 16.5. The number of likely N-dealkylation sites (tertiary alicyclic amines) is 1. The predicted molar refractivity (Wildman–Crippen MR) is 147 cm³/mol. The van der Waals surface area contributed by atoms with Crippen LogP contribution < -0.4 is 14.2 Å². The molecule has 1 fully saturated rings. The Kier molecular flexibility index (Phi) is 10.8. The van der Waals surface area contributed by atoms with E-state index >= 15 is 0 Å². The van der Waals surface area contributed by atoms with E-state index in [0.717, 1.165) is 36.8 Å². The van der Waals surface area contributed by atoms with Gasteiger partial charge in [0.2, 0.25) is 5.91 Å². The Hall–Kier alpha value is -3.26. The van der Waals surface area contributed by atoms with Crippen molar-refractivity contribution in [3.63, 3.8) is 0 Å². The number of hydrogen-bond acceptors (Lipinski definition) is 6. The molecule has 1 N–H and O–H groups in total. The molecular formula is C30H42N2O6. The first kappa shape index (κ1) is 29.3. The van der Waals surface area contributed by atoms with E-state index in [1.807, 2.05) is 46.2 Å². The molecule has 0 aliphatic carbocycles. The monoisotopic (exact) mass is 526 g/mol. The second-order valence-electron chi connectivity index (χ2n) is 9.81. The Morgan fingerprint density at radius 3 is 2.05 bits per heavy atom. The molecule has 38 heavy (non-hydrogen) atoms. The Bertz CT molecular complexity index is 1050. The summed E-state index contributed by atoms with van der Waals surface area (Å²) in [4.78, 5) is 30.4. The van der Waals surface area contributed by atoms with Crippen LogP contribution in [0.2, 0.25) is 0 Å². The SMILES string of the molecule is CCCCN(CCCC)C(=O)CN1C[C@H](c2ccc(OC)cc2OC)[C@@H](C(=O)O)[C@@H]1c1ccc(OC)cc1. The Labute approximate surface area is 226 Å². The van der Waals surface area contributed by atoms with E-state index in [0.29, 0.717) is 36.9 Å². The molecule has 208 valence electrons. The zero-order chi connectivity index (χ0) is 27.7. The number of carbonyl (C=O) groups excluding carboxylic acids is 1. The minimum atomic E-state index is -0.905. The van der Waals surface area contributed by atoms with Gasteiger partial charge in [-0.1, -0.05) is 44.9 Å². The molecule has 1 aliphatic heterocycles. The smallest absolute Gasteiger partial charge is 0.309 e. The first-order valence-corrected chi connectivity index (χ1v) is 13.5. The summed E-state index contributed by atoms with van der Waals surface area (Å²) >= 11 is 0. The Balaban J connectivity index is 2.02. The molecule has 0 aromatic heterocycles. The molecule has 0 spiro atoms. The molecule has 8 nitrogen and oxygen atoms in total. The van der Waals surface area contributed by atoms with Gasteiger partial charge in [0.05, 0.1) is 33.8 Å². The van der Waals surface area contributed by atoms with Crippen molar-refractivity contribution >= 4 is 11.9 Å². The van der Waals surface area contributed by atoms with Crippen LogP contribution in [0.4, 0.5) is 0 Å². The van der Waals surface area contributed by atoms with Crippen molar-refractivity contribution < 1.29 is 28.9 Å². The summed E-state index contributed by atoms with van der Waals surface area (Å²) < 4.78 is 16.3. The molecule has 1 amide bonds. The Morgan fingerprint density at radius 1 is 0.921 bits per heavy atom. The standard InChI is InChI=1S/C30H42N2O6/c1-6-8-16-31(17-9-7-2)27(33)20-32-19-25(24-15-14-23(37-4)18-26(24)38-5)28(30(34)35)29(32)21-10-12-22(36-3)13-11-21/h10-15,18,25,28-29H,6-9,16-17,19-20H2,1-5H3,(H,34,35)/t25-,28-,29+/m1/s1. The average Bonchev–Trinajstić information content (AvgIpc) is 3.31. The molecule has 1 heterocycles. The molecule has 2 aromatic rings. The van der Waals surface area contributed by atoms with Gasteiger partial charge in [-0.25, -0.2) is 0 Å². The van der Waals surface area contributed by atoms with E-state index in [2.05, 4.69) is 13.8 Å². The number of methoxy groups -OCH3 is 3. The lowest BCUT2D eigenvalue weighted by Gasteiger charge is -2.30. The van der Waals surface area contributed by atoms with Gasteiger partial charge in [0.25, 0.3) is 0 Å². The van der Waals surface area contributed by atoms with Gasteiger partial charge < -0.3 is 24.2 Å². The van der Waals surface area contributed by atoms with Gasteiger partial charge in [-0.2, -0.15) is 0 Å². The van der Waals surface area contributed by atoms with Crippen LogP contribution in [-0.2, 0) is 9.59 Å². The second-order valence-corrected chi connectivity index (χ2v) is 9.81. The number of aliphatic carboxylic acids is 1. The van der Waals surface area contributed by atoms with Crippen molar-refractivity contribution in [2.45, 2.75) is 51.5 Å². The first-order valence-electron chi connectivity index (χ1n) is 13.5. The quantitative estimate of drug-likeness (QED) is 0.371. The number of carbonyl (C=O) groups is 2. The lowest BCUT2D eigenvalue weighted by atomic mass is 9.82. The third-order valence-electron chi connectivity index (χ3n) is 7.44. The van der Waals surface area contributed by atoms with E-state index in [1.54, 1.807) is 27.4 Å². The second kappa shape index (κ2) is 14.0. The van der Waals surface area contributed by atoms with Crippen LogP contribution in [0.25, 0.3) is 0 Å². The molecule has 0 radical (unpaired) electrons. The van der Waals surface area contributed by atoms with Crippen LogP contribution in [0, 0.1) is 5.92 Å². The van der Waals surface area contributed by atoms with Gasteiger partial charge in [0.15, 0.2) is 0 Å². The summed E-state index contributed by atoms with van der Waals surface area (Å²) in [5.74, 6) is -0.119. The minimum Gasteiger partial charge on any atom is -0.497 e. The van der Waals surface area contributed by atoms with Crippen LogP contribution in [-0.4, -0.2) is 74.3 Å². The highest BCUT2D eigenvalue weighted by molar-refractivity contribution is 5.79. The van der Waals surface area contributed by atoms with E-state index in [1.165, 1.54) is 0 Å². The van der Waals surface area contributed by atoms with Crippen LogP contribution in [0.1, 0.15) is 62.6 Å². The molecule has 0 saturated carbocycles. The number of amides is 1. The first-order chi connectivity index (χ1) is 18.4. The molecule has 0 bridgehead atoms. The third-order valence-corrected chi connectivity index (χ3v) is 7.44. The summed E-state index contributed by atoms with van der Waals surface area (Å²) in [5.41, 5.74) is 1.64. The van der Waals surface area contributed by atoms with Crippen molar-refractivity contribution in [3.05, 3.63) is 53.6 Å². The predicted octanol–water partition coefficient (Wildman–Crippen LogP) is 4.98. The average molecular weight is 527 g/mol. The molecule has 1 aliphatic rings. The van der Waals surface area contributed by atoms with Gasteiger partial charge in [-0.3, -0.25) is 14.5 Å². The number of benzene rings is 2. The van der Waals surface area contributed by atoms with Crippen LogP contribution in [0.5, 0.6) is 17.2 Å². The number of rotatable bonds is 14. The van der Waals surface area contributed by atoms with Crippen molar-refractivity contribution in [1.29, 1.82) is 0 Å². The van der Waals surface area contributed by atoms with E-state index in [-0.39, 0.29) is 18.4 Å². The minimum absolute atomic E-state index is 0.0388. The summed E-state index contributed by atoms with van der Waals surface area (Å²) in [6.07, 6.45) is 3.91. The Morgan fingerprint density at radius 2 is 1.53 bits per heavy atom. The zero-order valence-corrected chi connectivity index (χ0v) is 23.3. The maximum Gasteiger partial charge on any atom is 0.309 e. The van der Waals surface area contributed by atoms with Gasteiger partial charge >= 0.3 is 5.97 Å². The summed E-state index contributed by atoms with van der Waals surface area (Å²) in [7, 11) is 4.76. The van der Waals surface area contributed by atoms with Crippen LogP contribution in [0.3, 0.4) is 0 Å². The number of carboxylic acids is 1. The summed E-state index contributed by atoms with van der Waals surface area (Å²) in [6.45, 7) is 6.24. The fraction of sp³-hybridized carbons (Fsp3) is 0.533. The molecular weight excluding hydrogens is 484 g/mol. The highest BCUT2D eigenvalue weighted by Gasteiger charge is 2.48. The molecule has 3 atom stereocenters. The zero-order valence-electron chi connectivity index (χ0n) is 23.3. The third kappa shape index (κ3) is 6.78. The molecule has 2 aromatic carbocycles. The topological polar surface area (TPSA) is 88.5 Å². The van der Waals surface area contributed by atoms with E-state index in [4.69, 9.17) is 14.2 Å². The maximum atomic E-state index is 13.6. The normalized spacial score (nSPS) is 19.2. The number of unbranched alkanes of at least 4 members (excludes halogenated alkanes) is 2. The fourth-order valence-corrected chi connectivity index (χ4v) is 5.37. The lowest BCUT2D eigenvalue weighted by molar-refractivity contribution is -0.144. The van der Waals surface area contributed by atoms with E-state index < -0.39 is 17.9 Å². The fourth-order valence-electron chi connectivity index (χ4n) is 5.37. The van der Waals surface area contributed by atoms with Crippen molar-refractivity contribution in [1.82, 2.24) is 9.80 Å². The van der Waals surface area contributed by atoms with Crippen molar-refractivity contribution in [2.75, 3.05) is 47.5 Å². The lowest BCUT2D eigenvalue weighted by Crippen LogP contribution is -2.42. The largest absolute Gasteiger partial charge is 0.497 e. The highest BCUT2D eigenvalue weighted by Crippen LogP contribution is 2.48. The number of ether oxygens (including phenoxy) is 3. The summed E-state index contributed by atoms with van der Waals surface area (Å²) in [6, 6.07) is 12.5. The number of nitrogens with zero attached hydrogens (tertiary/aromatic N) is 2. The summed E-state index contributed by atoms with van der Waals surface area (Å²) in [5, 5.41) is 10.5. The van der Waals surface area contributed by atoms with Gasteiger partial charge in [-0.05, 0) is 42.2 Å². The van der Waals surface area contributed by atoms with Gasteiger partial charge in [0, 0.05) is 37.7 Å². The number of carboxylic acid groups (broad SMARTS) is 1. The van der Waals surface area contributed by atoms with Gasteiger partial charge in [-0.15, -0.1) is 0 Å². The van der Waals surface area contributed by atoms with E-state index in [9.17, 15) is 14.7 Å². The van der Waals surface area contributed by atoms with Crippen LogP contribution in [0.15, 0.2) is 42.5 Å².